The zero-order valence-electron chi connectivity index (χ0n) is 17.6. The molecule has 0 atom stereocenters. The first-order chi connectivity index (χ1) is 14.7. The molecule has 8 heteroatoms. The van der Waals surface area contributed by atoms with Gasteiger partial charge in [0.05, 0.1) is 6.54 Å². The molecular formula is C23H26F3N3O2. The Labute approximate surface area is 179 Å². The number of nitrogens with zero attached hydrogens (tertiary/aromatic N) is 3. The van der Waals surface area contributed by atoms with Crippen molar-refractivity contribution in [3.8, 4) is 11.6 Å². The number of hydrogen-bond acceptors (Lipinski definition) is 4. The molecule has 31 heavy (non-hydrogen) atoms. The van der Waals surface area contributed by atoms with Crippen molar-refractivity contribution >= 4 is 16.5 Å². The number of hydrogen-bond donors (Lipinski definition) is 1. The number of rotatable bonds is 5. The van der Waals surface area contributed by atoms with Gasteiger partial charge in [0, 0.05) is 48.8 Å². The lowest BCUT2D eigenvalue weighted by molar-refractivity contribution is -0.274. The minimum absolute atomic E-state index is 0.158. The maximum atomic E-state index is 12.3. The van der Waals surface area contributed by atoms with Crippen LogP contribution in [0.5, 0.6) is 11.6 Å². The predicted octanol–water partition coefficient (Wildman–Crippen LogP) is 4.74. The summed E-state index contributed by atoms with van der Waals surface area (Å²) in [5.41, 5.74) is 2.90. The molecule has 0 unspecified atom stereocenters. The molecule has 4 rings (SSSR count). The van der Waals surface area contributed by atoms with Crippen LogP contribution in [0, 0.1) is 6.92 Å². The first kappa shape index (κ1) is 21.4. The van der Waals surface area contributed by atoms with Crippen molar-refractivity contribution in [3.05, 3.63) is 53.7 Å². The van der Waals surface area contributed by atoms with E-state index in [1.165, 1.54) is 12.1 Å². The van der Waals surface area contributed by atoms with Crippen molar-refractivity contribution in [1.82, 2.24) is 9.47 Å². The maximum Gasteiger partial charge on any atom is 0.573 e. The second kappa shape index (κ2) is 8.34. The molecule has 166 valence electrons. The molecule has 0 amide bonds. The Bertz CT molecular complexity index is 1050. The summed E-state index contributed by atoms with van der Waals surface area (Å²) < 4.78 is 42.6. The Morgan fingerprint density at radius 1 is 1.03 bits per heavy atom. The normalized spacial score (nSPS) is 15.6. The predicted molar refractivity (Wildman–Crippen MR) is 115 cm³/mol. The SMILES string of the molecule is CCN1CCN(c2cc(C)c3c(O)n(Cc4ccc(OC(F)(F)F)cc4)cc3c2)CC1. The molecule has 2 heterocycles. The zero-order chi connectivity index (χ0) is 22.2. The van der Waals surface area contributed by atoms with E-state index in [1.54, 1.807) is 16.7 Å². The van der Waals surface area contributed by atoms with Crippen LogP contribution in [0.25, 0.3) is 10.8 Å². The largest absolute Gasteiger partial charge is 0.573 e. The average Bonchev–Trinajstić information content (AvgIpc) is 3.04. The van der Waals surface area contributed by atoms with E-state index in [0.717, 1.165) is 60.3 Å². The van der Waals surface area contributed by atoms with Crippen molar-refractivity contribution in [1.29, 1.82) is 0 Å². The van der Waals surface area contributed by atoms with Gasteiger partial charge in [-0.2, -0.15) is 0 Å². The average molecular weight is 433 g/mol. The second-order valence-electron chi connectivity index (χ2n) is 7.92. The molecule has 1 N–H and O–H groups in total. The molecule has 1 fully saturated rings. The maximum absolute atomic E-state index is 12.3. The molecule has 1 aromatic heterocycles. The van der Waals surface area contributed by atoms with Gasteiger partial charge in [-0.05, 0) is 48.9 Å². The number of piperazine rings is 1. The van der Waals surface area contributed by atoms with E-state index in [9.17, 15) is 18.3 Å². The Balaban J connectivity index is 1.55. The molecule has 2 aromatic carbocycles. The van der Waals surface area contributed by atoms with E-state index in [0.29, 0.717) is 6.54 Å². The van der Waals surface area contributed by atoms with Gasteiger partial charge in [-0.3, -0.25) is 0 Å². The Morgan fingerprint density at radius 3 is 2.32 bits per heavy atom. The van der Waals surface area contributed by atoms with E-state index >= 15 is 0 Å². The molecule has 1 aliphatic heterocycles. The van der Waals surface area contributed by atoms with Crippen LogP contribution in [0.2, 0.25) is 0 Å². The van der Waals surface area contributed by atoms with Crippen molar-refractivity contribution in [2.75, 3.05) is 37.6 Å². The molecule has 1 saturated heterocycles. The van der Waals surface area contributed by atoms with Crippen LogP contribution >= 0.6 is 0 Å². The summed E-state index contributed by atoms with van der Waals surface area (Å²) in [6, 6.07) is 9.90. The van der Waals surface area contributed by atoms with Crippen molar-refractivity contribution < 1.29 is 23.0 Å². The van der Waals surface area contributed by atoms with Crippen molar-refractivity contribution in [3.63, 3.8) is 0 Å². The topological polar surface area (TPSA) is 40.9 Å². The van der Waals surface area contributed by atoms with Crippen LogP contribution < -0.4 is 9.64 Å². The smallest absolute Gasteiger partial charge is 0.494 e. The van der Waals surface area contributed by atoms with Gasteiger partial charge in [0.25, 0.3) is 0 Å². The van der Waals surface area contributed by atoms with Gasteiger partial charge in [0.15, 0.2) is 5.88 Å². The molecule has 0 bridgehead atoms. The molecular weight excluding hydrogens is 407 g/mol. The van der Waals surface area contributed by atoms with Crippen LogP contribution in [0.1, 0.15) is 18.1 Å². The molecule has 1 aliphatic rings. The summed E-state index contributed by atoms with van der Waals surface area (Å²) in [6.07, 6.45) is -2.82. The van der Waals surface area contributed by atoms with Crippen LogP contribution in [-0.4, -0.2) is 53.7 Å². The number of aromatic hydroxyl groups is 1. The summed E-state index contributed by atoms with van der Waals surface area (Å²) >= 11 is 0. The lowest BCUT2D eigenvalue weighted by Gasteiger charge is -2.35. The van der Waals surface area contributed by atoms with E-state index in [2.05, 4.69) is 33.6 Å². The summed E-state index contributed by atoms with van der Waals surface area (Å²) in [4.78, 5) is 4.79. The summed E-state index contributed by atoms with van der Waals surface area (Å²) in [6.45, 7) is 9.58. The third kappa shape index (κ3) is 4.74. The quantitative estimate of drug-likeness (QED) is 0.631. The number of likely N-dealkylation sites (N-methyl/N-ethyl adjacent to an activating group) is 1. The number of aryl methyl sites for hydroxylation is 1. The lowest BCUT2D eigenvalue weighted by Crippen LogP contribution is -2.46. The highest BCUT2D eigenvalue weighted by Gasteiger charge is 2.31. The fourth-order valence-electron chi connectivity index (χ4n) is 4.19. The van der Waals surface area contributed by atoms with E-state index < -0.39 is 6.36 Å². The highest BCUT2D eigenvalue weighted by atomic mass is 19.4. The highest BCUT2D eigenvalue weighted by molar-refractivity contribution is 5.93. The first-order valence-electron chi connectivity index (χ1n) is 10.4. The Kier molecular flexibility index (Phi) is 5.75. The van der Waals surface area contributed by atoms with Gasteiger partial charge in [-0.15, -0.1) is 13.2 Å². The van der Waals surface area contributed by atoms with Crippen LogP contribution in [0.3, 0.4) is 0 Å². The summed E-state index contributed by atoms with van der Waals surface area (Å²) in [7, 11) is 0. The Morgan fingerprint density at radius 2 is 1.71 bits per heavy atom. The third-order valence-electron chi connectivity index (χ3n) is 5.84. The lowest BCUT2D eigenvalue weighted by atomic mass is 10.1. The molecule has 0 spiro atoms. The van der Waals surface area contributed by atoms with Crippen molar-refractivity contribution in [2.24, 2.45) is 0 Å². The van der Waals surface area contributed by atoms with Gasteiger partial charge < -0.3 is 24.2 Å². The molecule has 0 saturated carbocycles. The van der Waals surface area contributed by atoms with E-state index in [4.69, 9.17) is 0 Å². The first-order valence-corrected chi connectivity index (χ1v) is 10.4. The highest BCUT2D eigenvalue weighted by Crippen LogP contribution is 2.35. The van der Waals surface area contributed by atoms with Crippen LogP contribution in [0.15, 0.2) is 42.6 Å². The third-order valence-corrected chi connectivity index (χ3v) is 5.84. The molecule has 3 aromatic rings. The zero-order valence-corrected chi connectivity index (χ0v) is 17.6. The molecule has 0 aliphatic carbocycles. The molecule has 0 radical (unpaired) electrons. The van der Waals surface area contributed by atoms with Gasteiger partial charge in [0.2, 0.25) is 0 Å². The van der Waals surface area contributed by atoms with Gasteiger partial charge in [-0.25, -0.2) is 0 Å². The summed E-state index contributed by atoms with van der Waals surface area (Å²) in [5.74, 6) is -0.104. The minimum atomic E-state index is -4.71. The van der Waals surface area contributed by atoms with E-state index in [-0.39, 0.29) is 11.6 Å². The van der Waals surface area contributed by atoms with Gasteiger partial charge >= 0.3 is 6.36 Å². The Hall–Kier alpha value is -2.87. The van der Waals surface area contributed by atoms with E-state index in [1.807, 2.05) is 13.1 Å². The standard InChI is InChI=1S/C23H26F3N3O2/c1-3-27-8-10-28(11-9-27)19-12-16(2)21-18(13-19)15-29(22(21)30)14-17-4-6-20(7-5-17)31-23(24,25)26/h4-7,12-13,15,30H,3,8-11,14H2,1-2H3. The minimum Gasteiger partial charge on any atom is -0.494 e. The van der Waals surface area contributed by atoms with Crippen molar-refractivity contribution in [2.45, 2.75) is 26.8 Å². The van der Waals surface area contributed by atoms with Gasteiger partial charge in [0.1, 0.15) is 5.75 Å². The number of benzene rings is 2. The fraction of sp³-hybridized carbons (Fsp3) is 0.391. The number of anilines is 1. The second-order valence-corrected chi connectivity index (χ2v) is 7.92. The van der Waals surface area contributed by atoms with Gasteiger partial charge in [-0.1, -0.05) is 19.1 Å². The number of ether oxygens (including phenoxy) is 1. The number of aromatic nitrogens is 1. The fourth-order valence-corrected chi connectivity index (χ4v) is 4.19. The van der Waals surface area contributed by atoms with Crippen LogP contribution in [-0.2, 0) is 6.54 Å². The molecule has 5 nitrogen and oxygen atoms in total. The monoisotopic (exact) mass is 433 g/mol. The number of fused-ring (bicyclic) bond motifs is 1. The summed E-state index contributed by atoms with van der Waals surface area (Å²) in [5, 5.41) is 12.5. The van der Waals surface area contributed by atoms with Crippen LogP contribution in [0.4, 0.5) is 18.9 Å². The number of halogens is 3. The number of alkyl halides is 3.